The zero-order valence-electron chi connectivity index (χ0n) is 11.1. The van der Waals surface area contributed by atoms with Crippen molar-refractivity contribution in [3.8, 4) is 6.07 Å². The van der Waals surface area contributed by atoms with Crippen LogP contribution in [0.3, 0.4) is 0 Å². The molecule has 1 aliphatic heterocycles. The second-order valence-electron chi connectivity index (χ2n) is 7.02. The topological polar surface area (TPSA) is 70.1 Å². The van der Waals surface area contributed by atoms with Gasteiger partial charge in [-0.05, 0) is 56.3 Å². The lowest BCUT2D eigenvalue weighted by molar-refractivity contribution is -0.143. The Morgan fingerprint density at radius 3 is 2.11 bits per heavy atom. The van der Waals surface area contributed by atoms with Gasteiger partial charge in [0.25, 0.3) is 0 Å². The number of carbonyl (C=O) groups excluding carboxylic acids is 1. The van der Waals surface area contributed by atoms with E-state index in [0.717, 1.165) is 37.0 Å². The molecule has 1 amide bonds. The average Bonchev–Trinajstić information content (AvgIpc) is 2.62. The number of nitriles is 1. The lowest BCUT2D eigenvalue weighted by atomic mass is 9.52. The SMILES string of the molecule is N#CC1=C(N)N(C23CC4CC(CC(C4)C2)C3)C(=O)C1. The summed E-state index contributed by atoms with van der Waals surface area (Å²) >= 11 is 0. The van der Waals surface area contributed by atoms with Gasteiger partial charge in [-0.1, -0.05) is 0 Å². The second kappa shape index (κ2) is 3.53. The fourth-order valence-electron chi connectivity index (χ4n) is 5.55. The third-order valence-electron chi connectivity index (χ3n) is 5.74. The third kappa shape index (κ3) is 1.42. The van der Waals surface area contributed by atoms with Crippen molar-refractivity contribution in [2.75, 3.05) is 0 Å². The molecule has 0 aromatic heterocycles. The summed E-state index contributed by atoms with van der Waals surface area (Å²) in [4.78, 5) is 14.2. The molecule has 0 atom stereocenters. The summed E-state index contributed by atoms with van der Waals surface area (Å²) in [6, 6.07) is 2.10. The highest BCUT2D eigenvalue weighted by Crippen LogP contribution is 2.58. The highest BCUT2D eigenvalue weighted by molar-refractivity contribution is 5.86. The van der Waals surface area contributed by atoms with E-state index in [1.54, 1.807) is 0 Å². The Kier molecular flexibility index (Phi) is 2.11. The zero-order valence-corrected chi connectivity index (χ0v) is 11.1. The monoisotopic (exact) mass is 257 g/mol. The van der Waals surface area contributed by atoms with Gasteiger partial charge in [-0.15, -0.1) is 0 Å². The van der Waals surface area contributed by atoms with E-state index in [9.17, 15) is 4.79 Å². The molecule has 4 fully saturated rings. The van der Waals surface area contributed by atoms with Crippen LogP contribution in [-0.2, 0) is 4.79 Å². The van der Waals surface area contributed by atoms with Crippen LogP contribution in [0.4, 0.5) is 0 Å². The van der Waals surface area contributed by atoms with Crippen molar-refractivity contribution in [1.29, 1.82) is 5.26 Å². The quantitative estimate of drug-likeness (QED) is 0.779. The minimum absolute atomic E-state index is 0.0471. The molecule has 0 unspecified atom stereocenters. The first kappa shape index (κ1) is 11.3. The first-order valence-electron chi connectivity index (χ1n) is 7.33. The molecule has 4 saturated carbocycles. The fourth-order valence-corrected chi connectivity index (χ4v) is 5.55. The minimum atomic E-state index is -0.0471. The Balaban J connectivity index is 1.74. The highest BCUT2D eigenvalue weighted by atomic mass is 16.2. The zero-order chi connectivity index (χ0) is 13.2. The molecule has 2 N–H and O–H groups in total. The summed E-state index contributed by atoms with van der Waals surface area (Å²) in [5, 5.41) is 9.09. The van der Waals surface area contributed by atoms with Crippen molar-refractivity contribution in [3.63, 3.8) is 0 Å². The van der Waals surface area contributed by atoms with Gasteiger partial charge in [0.05, 0.1) is 23.6 Å². The molecule has 5 aliphatic rings. The Morgan fingerprint density at radius 1 is 1.16 bits per heavy atom. The van der Waals surface area contributed by atoms with E-state index in [4.69, 9.17) is 11.0 Å². The van der Waals surface area contributed by atoms with Crippen molar-refractivity contribution < 1.29 is 4.79 Å². The van der Waals surface area contributed by atoms with Crippen LogP contribution in [0.1, 0.15) is 44.9 Å². The van der Waals surface area contributed by atoms with Crippen LogP contribution in [0.2, 0.25) is 0 Å². The van der Waals surface area contributed by atoms with Gasteiger partial charge in [0, 0.05) is 0 Å². The van der Waals surface area contributed by atoms with E-state index in [2.05, 4.69) is 6.07 Å². The number of amides is 1. The summed E-state index contributed by atoms with van der Waals surface area (Å²) in [5.74, 6) is 2.83. The molecule has 5 rings (SSSR count). The van der Waals surface area contributed by atoms with Crippen LogP contribution in [0.15, 0.2) is 11.4 Å². The van der Waals surface area contributed by atoms with Crippen molar-refractivity contribution in [3.05, 3.63) is 11.4 Å². The van der Waals surface area contributed by atoms with Crippen LogP contribution in [0, 0.1) is 29.1 Å². The number of carbonyl (C=O) groups is 1. The Morgan fingerprint density at radius 2 is 1.68 bits per heavy atom. The van der Waals surface area contributed by atoms with Gasteiger partial charge < -0.3 is 5.73 Å². The van der Waals surface area contributed by atoms with Gasteiger partial charge in [0.1, 0.15) is 5.82 Å². The fraction of sp³-hybridized carbons (Fsp3) is 0.733. The second-order valence-corrected chi connectivity index (χ2v) is 7.02. The van der Waals surface area contributed by atoms with Crippen LogP contribution < -0.4 is 5.73 Å². The van der Waals surface area contributed by atoms with Gasteiger partial charge in [-0.25, -0.2) is 0 Å². The summed E-state index contributed by atoms with van der Waals surface area (Å²) in [5.41, 5.74) is 6.53. The largest absolute Gasteiger partial charge is 0.384 e. The summed E-state index contributed by atoms with van der Waals surface area (Å²) < 4.78 is 0. The third-order valence-corrected chi connectivity index (χ3v) is 5.74. The van der Waals surface area contributed by atoms with Crippen molar-refractivity contribution >= 4 is 5.91 Å². The molecule has 0 aromatic carbocycles. The van der Waals surface area contributed by atoms with Crippen molar-refractivity contribution in [2.45, 2.75) is 50.5 Å². The minimum Gasteiger partial charge on any atom is -0.384 e. The smallest absolute Gasteiger partial charge is 0.233 e. The maximum absolute atomic E-state index is 12.3. The molecule has 4 aliphatic carbocycles. The molecule has 1 heterocycles. The van der Waals surface area contributed by atoms with Crippen LogP contribution in [0.25, 0.3) is 0 Å². The molecule has 4 heteroatoms. The average molecular weight is 257 g/mol. The Labute approximate surface area is 113 Å². The predicted molar refractivity (Wildman–Crippen MR) is 69.2 cm³/mol. The first-order valence-corrected chi connectivity index (χ1v) is 7.33. The molecule has 0 saturated heterocycles. The summed E-state index contributed by atoms with van der Waals surface area (Å²) in [7, 11) is 0. The molecule has 0 spiro atoms. The molecule has 0 radical (unpaired) electrons. The lowest BCUT2D eigenvalue weighted by Gasteiger charge is -2.59. The molecular weight excluding hydrogens is 238 g/mol. The van der Waals surface area contributed by atoms with Crippen LogP contribution >= 0.6 is 0 Å². The van der Waals surface area contributed by atoms with Crippen LogP contribution in [-0.4, -0.2) is 16.3 Å². The standard InChI is InChI=1S/C15H19N3O/c16-8-12-4-13(19)18(14(12)17)15-5-9-1-10(6-15)3-11(2-9)7-15/h9-11H,1-7,17H2. The number of rotatable bonds is 1. The molecule has 19 heavy (non-hydrogen) atoms. The normalized spacial score (nSPS) is 44.1. The van der Waals surface area contributed by atoms with Gasteiger partial charge in [0.2, 0.25) is 5.91 Å². The lowest BCUT2D eigenvalue weighted by Crippen LogP contribution is -2.60. The number of nitrogens with zero attached hydrogens (tertiary/aromatic N) is 2. The molecular formula is C15H19N3O. The number of hydrogen-bond acceptors (Lipinski definition) is 3. The van der Waals surface area contributed by atoms with Crippen molar-refractivity contribution in [1.82, 2.24) is 4.90 Å². The number of hydrogen-bond donors (Lipinski definition) is 1. The van der Waals surface area contributed by atoms with Gasteiger partial charge in [0.15, 0.2) is 0 Å². The van der Waals surface area contributed by atoms with E-state index in [0.29, 0.717) is 11.4 Å². The number of nitrogens with two attached hydrogens (primary N) is 1. The Hall–Kier alpha value is -1.50. The van der Waals surface area contributed by atoms with Crippen LogP contribution in [0.5, 0.6) is 0 Å². The van der Waals surface area contributed by atoms with Gasteiger partial charge >= 0.3 is 0 Å². The van der Waals surface area contributed by atoms with Gasteiger partial charge in [-0.2, -0.15) is 5.26 Å². The van der Waals surface area contributed by atoms with E-state index < -0.39 is 0 Å². The summed E-state index contributed by atoms with van der Waals surface area (Å²) in [6.45, 7) is 0. The van der Waals surface area contributed by atoms with E-state index in [-0.39, 0.29) is 17.9 Å². The predicted octanol–water partition coefficient (Wildman–Crippen LogP) is 1.88. The Bertz CT molecular complexity index is 493. The van der Waals surface area contributed by atoms with E-state index >= 15 is 0 Å². The molecule has 4 nitrogen and oxygen atoms in total. The van der Waals surface area contributed by atoms with E-state index in [1.165, 1.54) is 19.3 Å². The maximum atomic E-state index is 12.3. The maximum Gasteiger partial charge on any atom is 0.233 e. The molecule has 4 bridgehead atoms. The molecule has 0 aromatic rings. The molecule has 100 valence electrons. The van der Waals surface area contributed by atoms with Gasteiger partial charge in [-0.3, -0.25) is 9.69 Å². The summed E-state index contributed by atoms with van der Waals surface area (Å²) in [6.07, 6.45) is 7.55. The first-order chi connectivity index (χ1) is 9.11. The van der Waals surface area contributed by atoms with E-state index in [1.807, 2.05) is 4.90 Å². The highest BCUT2D eigenvalue weighted by Gasteiger charge is 2.56. The van der Waals surface area contributed by atoms with Crippen molar-refractivity contribution in [2.24, 2.45) is 23.5 Å².